The van der Waals surface area contributed by atoms with Gasteiger partial charge in [-0.15, -0.1) is 0 Å². The van der Waals surface area contributed by atoms with E-state index in [9.17, 15) is 14.0 Å². The Hall–Kier alpha value is -1.48. The third kappa shape index (κ3) is 6.30. The van der Waals surface area contributed by atoms with Crippen LogP contribution in [0.25, 0.3) is 0 Å². The number of halogens is 2. The Labute approximate surface area is 235 Å². The molecule has 40 heavy (non-hydrogen) atoms. The summed E-state index contributed by atoms with van der Waals surface area (Å²) >= 11 is 0. The Morgan fingerprint density at radius 1 is 0.925 bits per heavy atom. The second-order valence-electron chi connectivity index (χ2n) is 12.3. The molecule has 0 aromatic carbocycles. The molecule has 228 valence electrons. The monoisotopic (exact) mass is 570 g/mol. The number of piperidine rings is 2. The Bertz CT molecular complexity index is 857. The second-order valence-corrected chi connectivity index (χ2v) is 12.3. The molecule has 4 aliphatic heterocycles. The number of carbonyl (C=O) groups is 2. The Kier molecular flexibility index (Phi) is 9.91. The summed E-state index contributed by atoms with van der Waals surface area (Å²) in [6.45, 7) is 4.43. The smallest absolute Gasteiger partial charge is 0.229 e. The largest absolute Gasteiger partial charge is 0.378 e. The van der Waals surface area contributed by atoms with E-state index in [1.807, 2.05) is 4.90 Å². The van der Waals surface area contributed by atoms with Crippen molar-refractivity contribution in [3.8, 4) is 0 Å². The lowest BCUT2D eigenvalue weighted by molar-refractivity contribution is -0.141. The van der Waals surface area contributed by atoms with Gasteiger partial charge in [-0.2, -0.15) is 0 Å². The molecule has 1 saturated carbocycles. The number of ether oxygens (including phenoxy) is 1. The van der Waals surface area contributed by atoms with Gasteiger partial charge in [0.05, 0.1) is 43.0 Å². The van der Waals surface area contributed by atoms with Crippen LogP contribution in [0.2, 0.25) is 0 Å². The van der Waals surface area contributed by atoms with Crippen molar-refractivity contribution in [1.82, 2.24) is 31.1 Å². The Morgan fingerprint density at radius 2 is 1.57 bits per heavy atom. The van der Waals surface area contributed by atoms with Crippen molar-refractivity contribution >= 4 is 11.8 Å². The predicted octanol–water partition coefficient (Wildman–Crippen LogP) is -1.37. The minimum atomic E-state index is -1.18. The first kappa shape index (κ1) is 30.0. The first-order valence-electron chi connectivity index (χ1n) is 15.2. The highest BCUT2D eigenvalue weighted by Crippen LogP contribution is 2.39. The number of carbonyl (C=O) groups excluding carboxylic acids is 2. The van der Waals surface area contributed by atoms with E-state index < -0.39 is 42.2 Å². The fraction of sp³-hybridized carbons (Fsp3) is 0.926. The number of nitrogens with two attached hydrogens (primary N) is 2. The summed E-state index contributed by atoms with van der Waals surface area (Å²) in [6.07, 6.45) is 1.94. The lowest BCUT2D eigenvalue weighted by atomic mass is 9.76. The van der Waals surface area contributed by atoms with Gasteiger partial charge in [-0.3, -0.25) is 25.1 Å². The number of amides is 2. The molecule has 0 aromatic heterocycles. The highest BCUT2D eigenvalue weighted by molar-refractivity contribution is 5.81. The maximum absolute atomic E-state index is 15.5. The molecule has 5 aliphatic rings. The third-order valence-corrected chi connectivity index (χ3v) is 9.83. The SMILES string of the molecule is NC(N)C(C(=O)NC1CNCC(F)C1N1CCC(C(=O)N2CCOCC2)CC1)C1(C2CCCC2)NCC(F)CN1. The van der Waals surface area contributed by atoms with E-state index in [1.165, 1.54) is 0 Å². The quantitative estimate of drug-likeness (QED) is 0.204. The second kappa shape index (κ2) is 13.2. The van der Waals surface area contributed by atoms with Gasteiger partial charge in [-0.1, -0.05) is 12.8 Å². The predicted molar refractivity (Wildman–Crippen MR) is 146 cm³/mol. The molecular weight excluding hydrogens is 522 g/mol. The molecule has 4 heterocycles. The van der Waals surface area contributed by atoms with Gasteiger partial charge >= 0.3 is 0 Å². The van der Waals surface area contributed by atoms with Gasteiger partial charge in [0.15, 0.2) is 0 Å². The summed E-state index contributed by atoms with van der Waals surface area (Å²) in [6, 6.07) is -1.02. The van der Waals surface area contributed by atoms with Crippen molar-refractivity contribution < 1.29 is 23.1 Å². The lowest BCUT2D eigenvalue weighted by Gasteiger charge is -2.51. The Balaban J connectivity index is 1.27. The number of hydrogen-bond donors (Lipinski definition) is 6. The summed E-state index contributed by atoms with van der Waals surface area (Å²) in [7, 11) is 0. The van der Waals surface area contributed by atoms with Crippen LogP contribution >= 0.6 is 0 Å². The number of morpholine rings is 1. The minimum Gasteiger partial charge on any atom is -0.378 e. The molecule has 0 aromatic rings. The normalized spacial score (nSPS) is 36.1. The molecule has 0 spiro atoms. The standard InChI is InChI=1S/C27H48F2N8O3/c28-19-13-33-27(34-14-19,18-3-1-2-4-18)22(24(30)31)25(38)35-21-16-32-15-20(29)23(21)36-7-5-17(6-8-36)26(39)37-9-11-40-12-10-37/h17-24,32-34H,1-16,30-31H2,(H,35,38). The molecule has 0 radical (unpaired) electrons. The molecule has 8 N–H and O–H groups in total. The highest BCUT2D eigenvalue weighted by atomic mass is 19.1. The van der Waals surface area contributed by atoms with Gasteiger partial charge in [0.1, 0.15) is 12.3 Å². The summed E-state index contributed by atoms with van der Waals surface area (Å²) in [5.74, 6) is -1.03. The fourth-order valence-electron chi connectivity index (χ4n) is 7.77. The first-order chi connectivity index (χ1) is 19.3. The van der Waals surface area contributed by atoms with Gasteiger partial charge in [0, 0.05) is 45.2 Å². The van der Waals surface area contributed by atoms with Crippen LogP contribution in [0.15, 0.2) is 0 Å². The van der Waals surface area contributed by atoms with E-state index in [4.69, 9.17) is 16.2 Å². The summed E-state index contributed by atoms with van der Waals surface area (Å²) < 4.78 is 35.0. The molecule has 11 nitrogen and oxygen atoms in total. The van der Waals surface area contributed by atoms with Crippen molar-refractivity contribution in [2.75, 3.05) is 65.6 Å². The van der Waals surface area contributed by atoms with Crippen LogP contribution in [0.1, 0.15) is 38.5 Å². The topological polar surface area (TPSA) is 150 Å². The van der Waals surface area contributed by atoms with Crippen LogP contribution in [0.5, 0.6) is 0 Å². The van der Waals surface area contributed by atoms with Crippen molar-refractivity contribution in [1.29, 1.82) is 0 Å². The molecule has 4 unspecified atom stereocenters. The van der Waals surface area contributed by atoms with E-state index in [1.54, 1.807) is 0 Å². The van der Waals surface area contributed by atoms with Crippen LogP contribution in [0.3, 0.4) is 0 Å². The van der Waals surface area contributed by atoms with Gasteiger partial charge < -0.3 is 31.7 Å². The van der Waals surface area contributed by atoms with Crippen LogP contribution in [0.4, 0.5) is 8.78 Å². The molecule has 5 fully saturated rings. The van der Waals surface area contributed by atoms with E-state index in [-0.39, 0.29) is 43.3 Å². The minimum absolute atomic E-state index is 0.0733. The fourth-order valence-corrected chi connectivity index (χ4v) is 7.77. The zero-order valence-corrected chi connectivity index (χ0v) is 23.5. The molecular formula is C27H48F2N8O3. The summed E-state index contributed by atoms with van der Waals surface area (Å²) in [4.78, 5) is 31.0. The summed E-state index contributed by atoms with van der Waals surface area (Å²) in [5, 5.41) is 12.8. The van der Waals surface area contributed by atoms with Crippen molar-refractivity contribution in [3.63, 3.8) is 0 Å². The average molecular weight is 571 g/mol. The van der Waals surface area contributed by atoms with Crippen molar-refractivity contribution in [3.05, 3.63) is 0 Å². The zero-order valence-electron chi connectivity index (χ0n) is 23.5. The van der Waals surface area contributed by atoms with Gasteiger partial charge in [0.25, 0.3) is 0 Å². The maximum Gasteiger partial charge on any atom is 0.229 e. The van der Waals surface area contributed by atoms with Gasteiger partial charge in [-0.05, 0) is 44.7 Å². The van der Waals surface area contributed by atoms with Crippen LogP contribution < -0.4 is 32.7 Å². The highest BCUT2D eigenvalue weighted by Gasteiger charge is 2.53. The van der Waals surface area contributed by atoms with Crippen LogP contribution in [-0.2, 0) is 14.3 Å². The molecule has 4 saturated heterocycles. The number of nitrogens with zero attached hydrogens (tertiary/aromatic N) is 2. The van der Waals surface area contributed by atoms with Gasteiger partial charge in [-0.25, -0.2) is 8.78 Å². The van der Waals surface area contributed by atoms with Crippen LogP contribution in [-0.4, -0.2) is 123 Å². The third-order valence-electron chi connectivity index (χ3n) is 9.83. The molecule has 5 rings (SSSR count). The van der Waals surface area contributed by atoms with E-state index in [0.29, 0.717) is 58.8 Å². The average Bonchev–Trinajstić information content (AvgIpc) is 3.50. The number of alkyl halides is 2. The molecule has 4 atom stereocenters. The van der Waals surface area contributed by atoms with E-state index >= 15 is 4.39 Å². The summed E-state index contributed by atoms with van der Waals surface area (Å²) in [5.41, 5.74) is 11.6. The first-order valence-corrected chi connectivity index (χ1v) is 15.2. The van der Waals surface area contributed by atoms with Crippen molar-refractivity contribution in [2.45, 2.75) is 74.8 Å². The molecule has 0 bridgehead atoms. The number of rotatable bonds is 7. The van der Waals surface area contributed by atoms with E-state index in [2.05, 4.69) is 26.2 Å². The maximum atomic E-state index is 15.5. The molecule has 13 heteroatoms. The number of nitrogens with one attached hydrogen (secondary N) is 4. The lowest BCUT2D eigenvalue weighted by Crippen LogP contribution is -2.77. The van der Waals surface area contributed by atoms with E-state index in [0.717, 1.165) is 25.7 Å². The Morgan fingerprint density at radius 3 is 2.20 bits per heavy atom. The van der Waals surface area contributed by atoms with Gasteiger partial charge in [0.2, 0.25) is 11.8 Å². The van der Waals surface area contributed by atoms with Crippen molar-refractivity contribution in [2.24, 2.45) is 29.2 Å². The number of likely N-dealkylation sites (tertiary alicyclic amines) is 1. The molecule has 1 aliphatic carbocycles. The zero-order chi connectivity index (χ0) is 28.3. The van der Waals surface area contributed by atoms with Crippen LogP contribution in [0, 0.1) is 17.8 Å². The number of hydrogen-bond acceptors (Lipinski definition) is 9. The molecule has 2 amide bonds.